The smallest absolute Gasteiger partial charge is 0.210 e. The fourth-order valence-electron chi connectivity index (χ4n) is 1.75. The van der Waals surface area contributed by atoms with Crippen molar-refractivity contribution < 1.29 is 23.4 Å². The van der Waals surface area contributed by atoms with Gasteiger partial charge in [-0.2, -0.15) is 0 Å². The van der Waals surface area contributed by atoms with Crippen LogP contribution in [0.1, 0.15) is 10.5 Å². The minimum atomic E-state index is -1.28. The highest BCUT2D eigenvalue weighted by Gasteiger charge is 2.22. The molecule has 0 bridgehead atoms. The van der Waals surface area contributed by atoms with Crippen molar-refractivity contribution in [2.24, 2.45) is 0 Å². The number of hydrogen-bond acceptors (Lipinski definition) is 6. The quantitative estimate of drug-likeness (QED) is 0.656. The van der Waals surface area contributed by atoms with Crippen LogP contribution in [0, 0.1) is 11.6 Å². The Labute approximate surface area is 128 Å². The minimum absolute atomic E-state index is 0.155. The summed E-state index contributed by atoms with van der Waals surface area (Å²) in [5.74, 6) is -4.09. The van der Waals surface area contributed by atoms with Crippen molar-refractivity contribution in [3.63, 3.8) is 0 Å². The van der Waals surface area contributed by atoms with Crippen molar-refractivity contribution in [1.29, 1.82) is 0 Å². The molecule has 0 aliphatic rings. The number of nitrogens with zero attached hydrogens (tertiary/aromatic N) is 2. The monoisotopic (exact) mass is 329 g/mol. The fourth-order valence-corrected chi connectivity index (χ4v) is 1.90. The maximum absolute atomic E-state index is 13.9. The number of carbonyl (C=O) groups is 1. The summed E-state index contributed by atoms with van der Waals surface area (Å²) in [4.78, 5) is 19.3. The lowest BCUT2D eigenvalue weighted by molar-refractivity contribution is 0.0895. The maximum Gasteiger partial charge on any atom is 0.210 e. The van der Waals surface area contributed by atoms with Crippen LogP contribution in [-0.2, 0) is 0 Å². The molecule has 0 fully saturated rings. The van der Waals surface area contributed by atoms with E-state index in [0.717, 1.165) is 12.1 Å². The largest absolute Gasteiger partial charge is 0.491 e. The summed E-state index contributed by atoms with van der Waals surface area (Å²) in [6, 6.07) is 2.27. The van der Waals surface area contributed by atoms with Crippen molar-refractivity contribution in [3.8, 4) is 17.1 Å². The zero-order chi connectivity index (χ0) is 16.4. The third-order valence-corrected chi connectivity index (χ3v) is 3.07. The van der Waals surface area contributed by atoms with Gasteiger partial charge >= 0.3 is 0 Å². The van der Waals surface area contributed by atoms with Gasteiger partial charge in [-0.05, 0) is 12.1 Å². The Balaban J connectivity index is 2.70. The molecule has 0 aliphatic carbocycles. The first-order valence-corrected chi connectivity index (χ1v) is 6.27. The van der Waals surface area contributed by atoms with Crippen molar-refractivity contribution >= 4 is 23.2 Å². The normalized spacial score (nSPS) is 10.6. The summed E-state index contributed by atoms with van der Waals surface area (Å²) in [5, 5.41) is 8.53. The van der Waals surface area contributed by atoms with Crippen LogP contribution in [0.5, 0.6) is 5.75 Å². The molecule has 0 radical (unpaired) electrons. The second kappa shape index (κ2) is 6.20. The molecular weight excluding hydrogens is 320 g/mol. The molecule has 22 heavy (non-hydrogen) atoms. The number of aliphatic hydroxyl groups excluding tert-OH is 1. The van der Waals surface area contributed by atoms with Crippen LogP contribution in [0.15, 0.2) is 12.1 Å². The number of benzene rings is 1. The summed E-state index contributed by atoms with van der Waals surface area (Å²) in [5.41, 5.74) is 4.97. The third-order valence-electron chi connectivity index (χ3n) is 2.78. The number of hydrogen-bond donors (Lipinski definition) is 2. The number of anilines is 1. The molecule has 9 heteroatoms. The highest BCUT2D eigenvalue weighted by atomic mass is 35.5. The maximum atomic E-state index is 13.9. The molecule has 116 valence electrons. The Morgan fingerprint density at radius 3 is 2.64 bits per heavy atom. The van der Waals surface area contributed by atoms with Crippen LogP contribution in [0.25, 0.3) is 11.4 Å². The zero-order valence-corrected chi connectivity index (χ0v) is 12.0. The summed E-state index contributed by atoms with van der Waals surface area (Å²) >= 11 is 5.47. The predicted molar refractivity (Wildman–Crippen MR) is 74.8 cm³/mol. The highest BCUT2D eigenvalue weighted by Crippen LogP contribution is 2.30. The number of carbonyl (C=O) groups excluding carboxylic acids is 1. The molecule has 0 saturated carbocycles. The first kappa shape index (κ1) is 16.1. The van der Waals surface area contributed by atoms with E-state index in [0.29, 0.717) is 0 Å². The van der Waals surface area contributed by atoms with Crippen LogP contribution in [0.3, 0.4) is 0 Å². The number of nitrogen functional groups attached to an aromatic ring is 1. The SMILES string of the molecule is COc1c(N)nc(-c2ccc(Cl)c(F)c2F)nc1C(=O)CO. The van der Waals surface area contributed by atoms with Crippen LogP contribution < -0.4 is 10.5 Å². The first-order chi connectivity index (χ1) is 10.4. The van der Waals surface area contributed by atoms with Gasteiger partial charge in [-0.3, -0.25) is 4.79 Å². The molecule has 1 aromatic carbocycles. The van der Waals surface area contributed by atoms with Crippen LogP contribution in [0.4, 0.5) is 14.6 Å². The number of methoxy groups -OCH3 is 1. The van der Waals surface area contributed by atoms with E-state index in [1.807, 2.05) is 0 Å². The summed E-state index contributed by atoms with van der Waals surface area (Å²) in [6.07, 6.45) is 0. The Bertz CT molecular complexity index is 756. The molecular formula is C13H10ClF2N3O3. The number of aromatic nitrogens is 2. The van der Waals surface area contributed by atoms with Crippen molar-refractivity contribution in [2.45, 2.75) is 0 Å². The molecule has 6 nitrogen and oxygen atoms in total. The Hall–Kier alpha value is -2.32. The highest BCUT2D eigenvalue weighted by molar-refractivity contribution is 6.30. The van der Waals surface area contributed by atoms with Gasteiger partial charge in [-0.1, -0.05) is 11.6 Å². The number of ketones is 1. The topological polar surface area (TPSA) is 98.3 Å². The van der Waals surface area contributed by atoms with Gasteiger partial charge < -0.3 is 15.6 Å². The number of aliphatic hydroxyl groups is 1. The third kappa shape index (κ3) is 2.70. The lowest BCUT2D eigenvalue weighted by atomic mass is 10.1. The van der Waals surface area contributed by atoms with Crippen LogP contribution in [0.2, 0.25) is 5.02 Å². The summed E-state index contributed by atoms with van der Waals surface area (Å²) in [6.45, 7) is -0.857. The van der Waals surface area contributed by atoms with E-state index in [4.69, 9.17) is 27.2 Å². The molecule has 1 aromatic heterocycles. The van der Waals surface area contributed by atoms with E-state index in [2.05, 4.69) is 9.97 Å². The average Bonchev–Trinajstić information content (AvgIpc) is 2.51. The van der Waals surface area contributed by atoms with E-state index in [1.54, 1.807) is 0 Å². The lowest BCUT2D eigenvalue weighted by Gasteiger charge is -2.11. The number of nitrogens with two attached hydrogens (primary N) is 1. The van der Waals surface area contributed by atoms with Gasteiger partial charge in [0.15, 0.2) is 34.7 Å². The van der Waals surface area contributed by atoms with Crippen molar-refractivity contribution in [2.75, 3.05) is 19.5 Å². The lowest BCUT2D eigenvalue weighted by Crippen LogP contribution is -2.13. The summed E-state index contributed by atoms with van der Waals surface area (Å²) < 4.78 is 32.3. The second-order valence-electron chi connectivity index (χ2n) is 4.12. The van der Waals surface area contributed by atoms with Gasteiger partial charge in [0.1, 0.15) is 6.61 Å². The van der Waals surface area contributed by atoms with Gasteiger partial charge in [-0.25, -0.2) is 18.7 Å². The van der Waals surface area contributed by atoms with Crippen LogP contribution in [-0.4, -0.2) is 34.6 Å². The number of halogens is 3. The van der Waals surface area contributed by atoms with Gasteiger partial charge in [0, 0.05) is 0 Å². The van der Waals surface area contributed by atoms with E-state index in [9.17, 15) is 13.6 Å². The van der Waals surface area contributed by atoms with Crippen molar-refractivity contribution in [3.05, 3.63) is 34.5 Å². The van der Waals surface area contributed by atoms with Gasteiger partial charge in [0.05, 0.1) is 17.7 Å². The van der Waals surface area contributed by atoms with Gasteiger partial charge in [0.25, 0.3) is 0 Å². The molecule has 0 saturated heterocycles. The molecule has 0 unspecified atom stereocenters. The Morgan fingerprint density at radius 1 is 1.36 bits per heavy atom. The molecule has 3 N–H and O–H groups in total. The zero-order valence-electron chi connectivity index (χ0n) is 11.2. The molecule has 0 amide bonds. The van der Waals surface area contributed by atoms with E-state index in [1.165, 1.54) is 7.11 Å². The first-order valence-electron chi connectivity index (χ1n) is 5.90. The van der Waals surface area contributed by atoms with Gasteiger partial charge in [-0.15, -0.1) is 0 Å². The Kier molecular flexibility index (Phi) is 4.53. The molecule has 2 aromatic rings. The molecule has 2 rings (SSSR count). The molecule has 1 heterocycles. The number of ether oxygens (including phenoxy) is 1. The van der Waals surface area contributed by atoms with Crippen molar-refractivity contribution in [1.82, 2.24) is 9.97 Å². The summed E-state index contributed by atoms with van der Waals surface area (Å²) in [7, 11) is 1.23. The number of rotatable bonds is 4. The van der Waals surface area contributed by atoms with E-state index < -0.39 is 29.0 Å². The van der Waals surface area contributed by atoms with Gasteiger partial charge in [0.2, 0.25) is 5.78 Å². The molecule has 0 aliphatic heterocycles. The van der Waals surface area contributed by atoms with E-state index in [-0.39, 0.29) is 28.6 Å². The number of Topliss-reactive ketones (excluding diaryl/α,β-unsaturated/α-hetero) is 1. The van der Waals surface area contributed by atoms with E-state index >= 15 is 0 Å². The minimum Gasteiger partial charge on any atom is -0.491 e. The molecule has 0 atom stereocenters. The molecule has 0 spiro atoms. The predicted octanol–water partition coefficient (Wildman–Crippen LogP) is 1.84. The fraction of sp³-hybridized carbons (Fsp3) is 0.154. The second-order valence-corrected chi connectivity index (χ2v) is 4.53. The Morgan fingerprint density at radius 2 is 2.05 bits per heavy atom. The standard InChI is InChI=1S/C13H10ClF2N3O3/c1-22-11-10(7(21)4-20)18-13(19-12(11)17)5-2-3-6(14)9(16)8(5)15/h2-3,20H,4H2,1H3,(H2,17,18,19). The average molecular weight is 330 g/mol. The van der Waals surface area contributed by atoms with Crippen LogP contribution >= 0.6 is 11.6 Å².